The molecule has 6 heteroatoms. The van der Waals surface area contributed by atoms with Gasteiger partial charge in [0.1, 0.15) is 0 Å². The molecule has 1 fully saturated rings. The highest BCUT2D eigenvalue weighted by Crippen LogP contribution is 2.31. The zero-order valence-corrected chi connectivity index (χ0v) is 14.9. The van der Waals surface area contributed by atoms with Crippen LogP contribution in [0.3, 0.4) is 0 Å². The lowest BCUT2D eigenvalue weighted by Gasteiger charge is -2.32. The average molecular weight is 329 g/mol. The first-order valence-corrected chi connectivity index (χ1v) is 8.75. The van der Waals surface area contributed by atoms with Gasteiger partial charge in [0, 0.05) is 56.3 Å². The minimum Gasteiger partial charge on any atom is -0.383 e. The summed E-state index contributed by atoms with van der Waals surface area (Å²) in [6.07, 6.45) is 9.91. The van der Waals surface area contributed by atoms with Crippen molar-refractivity contribution in [2.75, 3.05) is 33.4 Å². The molecule has 0 unspecified atom stereocenters. The molecule has 2 aromatic heterocycles. The Kier molecular flexibility index (Phi) is 5.58. The van der Waals surface area contributed by atoms with E-state index in [9.17, 15) is 0 Å². The number of nitrogens with zero attached hydrogens (tertiary/aromatic N) is 5. The molecule has 3 rings (SSSR count). The summed E-state index contributed by atoms with van der Waals surface area (Å²) in [5.41, 5.74) is 3.13. The molecule has 1 aliphatic heterocycles. The van der Waals surface area contributed by atoms with Crippen molar-refractivity contribution in [3.63, 3.8) is 0 Å². The number of rotatable bonds is 6. The highest BCUT2D eigenvalue weighted by Gasteiger charge is 2.25. The zero-order valence-electron chi connectivity index (χ0n) is 14.9. The number of hydrogen-bond donors (Lipinski definition) is 0. The van der Waals surface area contributed by atoms with E-state index in [0.717, 1.165) is 49.6 Å². The summed E-state index contributed by atoms with van der Waals surface area (Å²) in [5.74, 6) is 0.418. The third-order valence-electron chi connectivity index (χ3n) is 4.63. The van der Waals surface area contributed by atoms with E-state index in [1.54, 1.807) is 19.5 Å². The van der Waals surface area contributed by atoms with Crippen molar-refractivity contribution in [1.29, 1.82) is 0 Å². The van der Waals surface area contributed by atoms with E-state index in [2.05, 4.69) is 35.0 Å². The van der Waals surface area contributed by atoms with Crippen molar-refractivity contribution in [3.05, 3.63) is 30.5 Å². The molecule has 24 heavy (non-hydrogen) atoms. The summed E-state index contributed by atoms with van der Waals surface area (Å²) in [4.78, 5) is 11.8. The van der Waals surface area contributed by atoms with Gasteiger partial charge in [-0.2, -0.15) is 5.10 Å². The SMILES string of the molecule is COCCN1CCC[C@H](c2nccnc2-c2cnn(C(C)C)c2)C1. The largest absolute Gasteiger partial charge is 0.383 e. The smallest absolute Gasteiger partial charge is 0.0952 e. The van der Waals surface area contributed by atoms with Gasteiger partial charge in [-0.25, -0.2) is 0 Å². The van der Waals surface area contributed by atoms with Crippen LogP contribution in [-0.4, -0.2) is 58.0 Å². The Morgan fingerprint density at radius 1 is 1.29 bits per heavy atom. The summed E-state index contributed by atoms with van der Waals surface area (Å²) in [6.45, 7) is 8.18. The zero-order chi connectivity index (χ0) is 16.9. The fourth-order valence-corrected chi connectivity index (χ4v) is 3.31. The van der Waals surface area contributed by atoms with E-state index in [1.165, 1.54) is 6.42 Å². The number of likely N-dealkylation sites (tertiary alicyclic amines) is 1. The predicted molar refractivity (Wildman–Crippen MR) is 93.9 cm³/mol. The lowest BCUT2D eigenvalue weighted by Crippen LogP contribution is -2.37. The Hall–Kier alpha value is -1.79. The molecule has 3 heterocycles. The van der Waals surface area contributed by atoms with Crippen molar-refractivity contribution in [3.8, 4) is 11.3 Å². The van der Waals surface area contributed by atoms with E-state index >= 15 is 0 Å². The van der Waals surface area contributed by atoms with Crippen molar-refractivity contribution in [1.82, 2.24) is 24.6 Å². The molecule has 0 saturated carbocycles. The Morgan fingerprint density at radius 2 is 2.12 bits per heavy atom. The van der Waals surface area contributed by atoms with Gasteiger partial charge in [-0.15, -0.1) is 0 Å². The maximum Gasteiger partial charge on any atom is 0.0952 e. The monoisotopic (exact) mass is 329 g/mol. The molecule has 1 aliphatic rings. The molecule has 6 nitrogen and oxygen atoms in total. The Morgan fingerprint density at radius 3 is 2.88 bits per heavy atom. The van der Waals surface area contributed by atoms with Crippen molar-refractivity contribution in [2.45, 2.75) is 38.6 Å². The van der Waals surface area contributed by atoms with Gasteiger partial charge in [0.15, 0.2) is 0 Å². The molecule has 1 atom stereocenters. The maximum atomic E-state index is 5.22. The van der Waals surface area contributed by atoms with Crippen LogP contribution in [0.1, 0.15) is 44.3 Å². The van der Waals surface area contributed by atoms with Gasteiger partial charge in [-0.05, 0) is 33.2 Å². The predicted octanol–water partition coefficient (Wildman–Crippen LogP) is 2.75. The van der Waals surface area contributed by atoms with Crippen LogP contribution in [0.15, 0.2) is 24.8 Å². The molecule has 0 amide bonds. The topological polar surface area (TPSA) is 56.1 Å². The van der Waals surface area contributed by atoms with Gasteiger partial charge in [-0.3, -0.25) is 14.6 Å². The Balaban J connectivity index is 1.83. The quantitative estimate of drug-likeness (QED) is 0.815. The number of methoxy groups -OCH3 is 1. The first-order chi connectivity index (χ1) is 11.7. The molecule has 0 radical (unpaired) electrons. The van der Waals surface area contributed by atoms with E-state index in [1.807, 2.05) is 10.9 Å². The molecule has 0 aliphatic carbocycles. The lowest BCUT2D eigenvalue weighted by molar-refractivity contribution is 0.127. The van der Waals surface area contributed by atoms with Gasteiger partial charge in [0.05, 0.1) is 24.2 Å². The first kappa shape index (κ1) is 17.0. The highest BCUT2D eigenvalue weighted by atomic mass is 16.5. The Bertz CT molecular complexity index is 654. The summed E-state index contributed by atoms with van der Waals surface area (Å²) in [7, 11) is 1.76. The molecule has 130 valence electrons. The van der Waals surface area contributed by atoms with E-state index in [0.29, 0.717) is 12.0 Å². The van der Waals surface area contributed by atoms with E-state index < -0.39 is 0 Å². The number of piperidine rings is 1. The first-order valence-electron chi connectivity index (χ1n) is 8.75. The lowest BCUT2D eigenvalue weighted by atomic mass is 9.92. The van der Waals surface area contributed by atoms with Crippen molar-refractivity contribution >= 4 is 0 Å². The van der Waals surface area contributed by atoms with Crippen LogP contribution in [0.4, 0.5) is 0 Å². The van der Waals surface area contributed by atoms with Crippen LogP contribution < -0.4 is 0 Å². The van der Waals surface area contributed by atoms with E-state index in [4.69, 9.17) is 9.72 Å². The number of hydrogen-bond acceptors (Lipinski definition) is 5. The van der Waals surface area contributed by atoms with Crippen molar-refractivity contribution < 1.29 is 4.74 Å². The maximum absolute atomic E-state index is 5.22. The van der Waals surface area contributed by atoms with Crippen LogP contribution in [0.25, 0.3) is 11.3 Å². The van der Waals surface area contributed by atoms with Gasteiger partial charge < -0.3 is 9.64 Å². The van der Waals surface area contributed by atoms with Crippen LogP contribution in [0.5, 0.6) is 0 Å². The number of ether oxygens (including phenoxy) is 1. The fourth-order valence-electron chi connectivity index (χ4n) is 3.31. The molecule has 0 spiro atoms. The standard InChI is InChI=1S/C18H27N5O/c1-14(2)23-13-16(11-21-23)18-17(19-6-7-20-18)15-5-4-8-22(12-15)9-10-24-3/h6-7,11,13-15H,4-5,8-10,12H2,1-3H3/t15-/m0/s1. The number of aromatic nitrogens is 4. The van der Waals surface area contributed by atoms with Crippen molar-refractivity contribution in [2.24, 2.45) is 0 Å². The fraction of sp³-hybridized carbons (Fsp3) is 0.611. The van der Waals surface area contributed by atoms with Crippen LogP contribution in [-0.2, 0) is 4.74 Å². The van der Waals surface area contributed by atoms with Crippen LogP contribution in [0, 0.1) is 0 Å². The van der Waals surface area contributed by atoms with Crippen LogP contribution in [0.2, 0.25) is 0 Å². The molecule has 0 aromatic carbocycles. The van der Waals surface area contributed by atoms with Gasteiger partial charge in [-0.1, -0.05) is 0 Å². The van der Waals surface area contributed by atoms with Gasteiger partial charge in [0.25, 0.3) is 0 Å². The summed E-state index contributed by atoms with van der Waals surface area (Å²) < 4.78 is 7.19. The molecular formula is C18H27N5O. The van der Waals surface area contributed by atoms with Crippen LogP contribution >= 0.6 is 0 Å². The second-order valence-electron chi connectivity index (χ2n) is 6.73. The molecule has 0 N–H and O–H groups in total. The normalized spacial score (nSPS) is 19.1. The second kappa shape index (κ2) is 7.85. The minimum absolute atomic E-state index is 0.345. The van der Waals surface area contributed by atoms with Gasteiger partial charge >= 0.3 is 0 Å². The summed E-state index contributed by atoms with van der Waals surface area (Å²) >= 11 is 0. The van der Waals surface area contributed by atoms with Gasteiger partial charge in [0.2, 0.25) is 0 Å². The summed E-state index contributed by atoms with van der Waals surface area (Å²) in [5, 5.41) is 4.46. The molecule has 2 aromatic rings. The average Bonchev–Trinajstić information content (AvgIpc) is 3.10. The summed E-state index contributed by atoms with van der Waals surface area (Å²) in [6, 6.07) is 0.345. The minimum atomic E-state index is 0.345. The van der Waals surface area contributed by atoms with E-state index in [-0.39, 0.29) is 0 Å². The molecule has 0 bridgehead atoms. The third-order valence-corrected chi connectivity index (χ3v) is 4.63. The Labute approximate surface area is 143 Å². The highest BCUT2D eigenvalue weighted by molar-refractivity contribution is 5.60. The third kappa shape index (κ3) is 3.82. The second-order valence-corrected chi connectivity index (χ2v) is 6.73. The molecule has 1 saturated heterocycles. The molecular weight excluding hydrogens is 302 g/mol.